The first-order valence-electron chi connectivity index (χ1n) is 8.92. The van der Waals surface area contributed by atoms with Gasteiger partial charge in [-0.25, -0.2) is 0 Å². The zero-order chi connectivity index (χ0) is 19.3. The van der Waals surface area contributed by atoms with Crippen LogP contribution in [-0.2, 0) is 9.59 Å². The molecule has 2 amide bonds. The van der Waals surface area contributed by atoms with Gasteiger partial charge in [-0.15, -0.1) is 0 Å². The Balaban J connectivity index is 2.01. The molecule has 1 heterocycles. The molecule has 26 heavy (non-hydrogen) atoms. The smallest absolute Gasteiger partial charge is 0.242 e. The summed E-state index contributed by atoms with van der Waals surface area (Å²) in [5.74, 6) is 0.523. The summed E-state index contributed by atoms with van der Waals surface area (Å²) in [5, 5.41) is 3.11. The standard InChI is InChI=1S/C19H27N3O3S/c1-6-25-15-9-7-14(8-10-15)21-17(23)11-16-18(24)22(13(4)5)19(26-16)20-12(2)3/h7-10,12-13,16H,6,11H2,1-5H3,(H,21,23). The summed E-state index contributed by atoms with van der Waals surface area (Å²) < 4.78 is 5.39. The third-order valence-corrected chi connectivity index (χ3v) is 4.84. The SMILES string of the molecule is CCOc1ccc(NC(=O)CC2SC(=NC(C)C)N(C(C)C)C2=O)cc1. The number of rotatable bonds is 7. The number of hydrogen-bond acceptors (Lipinski definition) is 5. The van der Waals surface area contributed by atoms with E-state index in [2.05, 4.69) is 10.3 Å². The van der Waals surface area contributed by atoms with Crippen LogP contribution in [0.3, 0.4) is 0 Å². The highest BCUT2D eigenvalue weighted by Gasteiger charge is 2.40. The summed E-state index contributed by atoms with van der Waals surface area (Å²) in [6.07, 6.45) is 0.122. The molecule has 0 saturated carbocycles. The summed E-state index contributed by atoms with van der Waals surface area (Å²) in [4.78, 5) is 31.3. The average Bonchev–Trinajstić information content (AvgIpc) is 2.84. The minimum absolute atomic E-state index is 0.0201. The molecule has 0 aromatic heterocycles. The number of carbonyl (C=O) groups is 2. The van der Waals surface area contributed by atoms with Crippen LogP contribution in [0.4, 0.5) is 5.69 Å². The van der Waals surface area contributed by atoms with E-state index < -0.39 is 5.25 Å². The normalized spacial score (nSPS) is 18.9. The largest absolute Gasteiger partial charge is 0.494 e. The van der Waals surface area contributed by atoms with E-state index >= 15 is 0 Å². The Morgan fingerprint density at radius 2 is 1.92 bits per heavy atom. The van der Waals surface area contributed by atoms with E-state index in [0.29, 0.717) is 17.5 Å². The van der Waals surface area contributed by atoms with Gasteiger partial charge in [0.25, 0.3) is 0 Å². The van der Waals surface area contributed by atoms with Gasteiger partial charge in [-0.2, -0.15) is 0 Å². The highest BCUT2D eigenvalue weighted by atomic mass is 32.2. The van der Waals surface area contributed by atoms with Gasteiger partial charge < -0.3 is 10.1 Å². The lowest BCUT2D eigenvalue weighted by molar-refractivity contribution is -0.129. The average molecular weight is 378 g/mol. The van der Waals surface area contributed by atoms with Crippen molar-refractivity contribution in [2.75, 3.05) is 11.9 Å². The molecule has 1 aromatic rings. The number of ether oxygens (including phenoxy) is 1. The molecule has 6 nitrogen and oxygen atoms in total. The van der Waals surface area contributed by atoms with Crippen molar-refractivity contribution in [3.8, 4) is 5.75 Å². The second-order valence-corrected chi connectivity index (χ2v) is 7.79. The Morgan fingerprint density at radius 1 is 1.27 bits per heavy atom. The quantitative estimate of drug-likeness (QED) is 0.789. The fourth-order valence-electron chi connectivity index (χ4n) is 2.58. The van der Waals surface area contributed by atoms with E-state index in [1.54, 1.807) is 17.0 Å². The fraction of sp³-hybridized carbons (Fsp3) is 0.526. The van der Waals surface area contributed by atoms with Gasteiger partial charge in [-0.05, 0) is 58.9 Å². The zero-order valence-corrected chi connectivity index (χ0v) is 16.8. The second kappa shape index (κ2) is 9.07. The van der Waals surface area contributed by atoms with E-state index in [9.17, 15) is 9.59 Å². The maximum Gasteiger partial charge on any atom is 0.242 e. The van der Waals surface area contributed by atoms with E-state index in [1.165, 1.54) is 11.8 Å². The summed E-state index contributed by atoms with van der Waals surface area (Å²) in [6, 6.07) is 7.32. The first-order valence-corrected chi connectivity index (χ1v) is 9.80. The Hall–Kier alpha value is -2.02. The van der Waals surface area contributed by atoms with Crippen LogP contribution in [0.1, 0.15) is 41.0 Å². The van der Waals surface area contributed by atoms with Crippen LogP contribution in [0.2, 0.25) is 0 Å². The highest BCUT2D eigenvalue weighted by Crippen LogP contribution is 2.32. The lowest BCUT2D eigenvalue weighted by Crippen LogP contribution is -2.38. The van der Waals surface area contributed by atoms with Crippen LogP contribution < -0.4 is 10.1 Å². The van der Waals surface area contributed by atoms with Gasteiger partial charge in [0, 0.05) is 24.2 Å². The molecule has 0 radical (unpaired) electrons. The molecule has 7 heteroatoms. The van der Waals surface area contributed by atoms with Gasteiger partial charge >= 0.3 is 0 Å². The first-order chi connectivity index (χ1) is 12.3. The Morgan fingerprint density at radius 3 is 2.46 bits per heavy atom. The predicted molar refractivity (Wildman–Crippen MR) is 107 cm³/mol. The minimum Gasteiger partial charge on any atom is -0.494 e. The Bertz CT molecular complexity index is 671. The molecule has 0 aliphatic carbocycles. The third kappa shape index (κ3) is 5.24. The summed E-state index contributed by atoms with van der Waals surface area (Å²) in [5.41, 5.74) is 0.686. The van der Waals surface area contributed by atoms with Crippen LogP contribution >= 0.6 is 11.8 Å². The van der Waals surface area contributed by atoms with Crippen molar-refractivity contribution < 1.29 is 14.3 Å². The van der Waals surface area contributed by atoms with Crippen molar-refractivity contribution >= 4 is 34.4 Å². The number of amidine groups is 1. The Labute approximate surface area is 159 Å². The van der Waals surface area contributed by atoms with E-state index in [0.717, 1.165) is 5.75 Å². The number of nitrogens with one attached hydrogen (secondary N) is 1. The number of benzene rings is 1. The number of aliphatic imine (C=N–C) groups is 1. The van der Waals surface area contributed by atoms with Gasteiger partial charge in [-0.3, -0.25) is 19.5 Å². The molecule has 1 unspecified atom stereocenters. The molecule has 0 bridgehead atoms. The van der Waals surface area contributed by atoms with Crippen LogP contribution in [0.5, 0.6) is 5.75 Å². The van der Waals surface area contributed by atoms with E-state index in [1.807, 2.05) is 46.8 Å². The number of thioether (sulfide) groups is 1. The molecule has 1 atom stereocenters. The van der Waals surface area contributed by atoms with Crippen LogP contribution in [0.25, 0.3) is 0 Å². The number of carbonyl (C=O) groups excluding carboxylic acids is 2. The van der Waals surface area contributed by atoms with E-state index in [4.69, 9.17) is 4.74 Å². The summed E-state index contributed by atoms with van der Waals surface area (Å²) in [6.45, 7) is 10.4. The molecule has 0 spiro atoms. The molecule has 1 aliphatic heterocycles. The molecule has 1 saturated heterocycles. The molecule has 1 fully saturated rings. The minimum atomic E-state index is -0.433. The van der Waals surface area contributed by atoms with Gasteiger partial charge in [-0.1, -0.05) is 11.8 Å². The molecular formula is C19H27N3O3S. The molecule has 1 aromatic carbocycles. The third-order valence-electron chi connectivity index (χ3n) is 3.67. The number of nitrogens with zero attached hydrogens (tertiary/aromatic N) is 2. The Kier molecular flexibility index (Phi) is 7.08. The number of hydrogen-bond donors (Lipinski definition) is 1. The van der Waals surface area contributed by atoms with Gasteiger partial charge in [0.05, 0.1) is 6.61 Å². The maximum absolute atomic E-state index is 12.7. The summed E-state index contributed by atoms with van der Waals surface area (Å²) >= 11 is 1.38. The molecule has 2 rings (SSSR count). The zero-order valence-electron chi connectivity index (χ0n) is 16.0. The number of amides is 2. The van der Waals surface area contributed by atoms with Crippen molar-refractivity contribution in [1.82, 2.24) is 4.90 Å². The van der Waals surface area contributed by atoms with Crippen LogP contribution in [-0.4, -0.2) is 45.8 Å². The van der Waals surface area contributed by atoms with Crippen molar-refractivity contribution in [2.24, 2.45) is 4.99 Å². The first kappa shape index (κ1) is 20.3. The molecule has 142 valence electrons. The van der Waals surface area contributed by atoms with Crippen LogP contribution in [0, 0.1) is 0 Å². The number of anilines is 1. The van der Waals surface area contributed by atoms with Crippen molar-refractivity contribution in [3.05, 3.63) is 24.3 Å². The maximum atomic E-state index is 12.7. The van der Waals surface area contributed by atoms with Crippen molar-refractivity contribution in [2.45, 2.75) is 58.4 Å². The van der Waals surface area contributed by atoms with E-state index in [-0.39, 0.29) is 30.3 Å². The highest BCUT2D eigenvalue weighted by molar-refractivity contribution is 8.15. The molecular weight excluding hydrogens is 350 g/mol. The second-order valence-electron chi connectivity index (χ2n) is 6.62. The van der Waals surface area contributed by atoms with Crippen molar-refractivity contribution in [1.29, 1.82) is 0 Å². The molecule has 1 N–H and O–H groups in total. The monoisotopic (exact) mass is 377 g/mol. The predicted octanol–water partition coefficient (Wildman–Crippen LogP) is 3.53. The van der Waals surface area contributed by atoms with Crippen molar-refractivity contribution in [3.63, 3.8) is 0 Å². The lowest BCUT2D eigenvalue weighted by Gasteiger charge is -2.21. The van der Waals surface area contributed by atoms with Crippen LogP contribution in [0.15, 0.2) is 29.3 Å². The van der Waals surface area contributed by atoms with Gasteiger partial charge in [0.2, 0.25) is 11.8 Å². The van der Waals surface area contributed by atoms with Gasteiger partial charge in [0.1, 0.15) is 11.0 Å². The van der Waals surface area contributed by atoms with Gasteiger partial charge in [0.15, 0.2) is 5.17 Å². The fourth-order valence-corrected chi connectivity index (χ4v) is 3.97. The summed E-state index contributed by atoms with van der Waals surface area (Å²) in [7, 11) is 0. The lowest BCUT2D eigenvalue weighted by atomic mass is 10.2. The topological polar surface area (TPSA) is 71.0 Å². The molecule has 1 aliphatic rings.